The minimum atomic E-state index is -1.05. The molecule has 4 nitrogen and oxygen atoms in total. The lowest BCUT2D eigenvalue weighted by Crippen LogP contribution is -2.42. The molecule has 1 aromatic heterocycles. The van der Waals surface area contributed by atoms with Crippen LogP contribution in [-0.4, -0.2) is 24.7 Å². The minimum Gasteiger partial charge on any atom is -0.496 e. The zero-order chi connectivity index (χ0) is 17.4. The van der Waals surface area contributed by atoms with Gasteiger partial charge in [-0.1, -0.05) is 18.2 Å². The summed E-state index contributed by atoms with van der Waals surface area (Å²) < 4.78 is 5.38. The molecule has 1 saturated carbocycles. The smallest absolute Gasteiger partial charge is 0.230 e. The van der Waals surface area contributed by atoms with Crippen LogP contribution < -0.4 is 10.1 Å². The number of aryl methyl sites for hydroxylation is 1. The van der Waals surface area contributed by atoms with Gasteiger partial charge < -0.3 is 15.2 Å². The molecule has 1 aliphatic carbocycles. The summed E-state index contributed by atoms with van der Waals surface area (Å²) in [5.41, 5.74) is 0.508. The number of benzene rings is 1. The number of carbonyl (C=O) groups excluding carboxylic acids is 1. The van der Waals surface area contributed by atoms with Gasteiger partial charge in [-0.05, 0) is 55.3 Å². The van der Waals surface area contributed by atoms with E-state index in [4.69, 9.17) is 4.74 Å². The number of carbonyl (C=O) groups is 1. The number of thiophene rings is 1. The first-order valence-electron chi connectivity index (χ1n) is 8.09. The molecule has 1 fully saturated rings. The Bertz CT molecular complexity index is 733. The highest BCUT2D eigenvalue weighted by atomic mass is 32.1. The van der Waals surface area contributed by atoms with Gasteiger partial charge in [-0.25, -0.2) is 0 Å². The normalized spacial score (nSPS) is 17.8. The Kier molecular flexibility index (Phi) is 4.40. The van der Waals surface area contributed by atoms with E-state index in [2.05, 4.69) is 5.32 Å². The molecule has 1 amide bonds. The summed E-state index contributed by atoms with van der Waals surface area (Å²) in [6.45, 7) is 3.92. The molecule has 128 valence electrons. The summed E-state index contributed by atoms with van der Waals surface area (Å²) in [6, 6.07) is 9.73. The Morgan fingerprint density at radius 1 is 1.42 bits per heavy atom. The molecule has 1 unspecified atom stereocenters. The van der Waals surface area contributed by atoms with E-state index < -0.39 is 11.0 Å². The highest BCUT2D eigenvalue weighted by molar-refractivity contribution is 7.10. The van der Waals surface area contributed by atoms with Crippen molar-refractivity contribution in [2.75, 3.05) is 13.7 Å². The number of amides is 1. The molecule has 0 radical (unpaired) electrons. The molecule has 0 bridgehead atoms. The molecular formula is C19H23NO3S. The fourth-order valence-electron chi connectivity index (χ4n) is 2.98. The molecule has 1 atom stereocenters. The van der Waals surface area contributed by atoms with Crippen LogP contribution in [0.4, 0.5) is 0 Å². The van der Waals surface area contributed by atoms with E-state index in [9.17, 15) is 9.90 Å². The summed E-state index contributed by atoms with van der Waals surface area (Å²) in [7, 11) is 1.64. The fraction of sp³-hybridized carbons (Fsp3) is 0.421. The van der Waals surface area contributed by atoms with Crippen molar-refractivity contribution in [2.24, 2.45) is 0 Å². The van der Waals surface area contributed by atoms with Crippen LogP contribution in [0.5, 0.6) is 5.75 Å². The number of ether oxygens (including phenoxy) is 1. The summed E-state index contributed by atoms with van der Waals surface area (Å²) >= 11 is 1.49. The van der Waals surface area contributed by atoms with Crippen molar-refractivity contribution < 1.29 is 14.6 Å². The minimum absolute atomic E-state index is 0.0229. The van der Waals surface area contributed by atoms with Gasteiger partial charge in [-0.15, -0.1) is 11.3 Å². The Balaban J connectivity index is 1.73. The molecule has 0 aliphatic heterocycles. The predicted octanol–water partition coefficient (Wildman–Crippen LogP) is 3.12. The summed E-state index contributed by atoms with van der Waals surface area (Å²) in [5.74, 6) is 0.780. The van der Waals surface area contributed by atoms with Gasteiger partial charge in [-0.2, -0.15) is 0 Å². The van der Waals surface area contributed by atoms with Crippen molar-refractivity contribution in [3.63, 3.8) is 0 Å². The van der Waals surface area contributed by atoms with Gasteiger partial charge >= 0.3 is 0 Å². The topological polar surface area (TPSA) is 58.6 Å². The third-order valence-corrected chi connectivity index (χ3v) is 5.91. The molecule has 0 saturated heterocycles. The molecule has 3 rings (SSSR count). The maximum absolute atomic E-state index is 12.8. The van der Waals surface area contributed by atoms with E-state index in [-0.39, 0.29) is 12.5 Å². The SMILES string of the molecule is COc1cc(C2(C(=O)NCC(C)(O)c3cccs3)CC2)ccc1C. The van der Waals surface area contributed by atoms with Crippen LogP contribution in [0.15, 0.2) is 35.7 Å². The van der Waals surface area contributed by atoms with Gasteiger partial charge in [-0.3, -0.25) is 4.79 Å². The van der Waals surface area contributed by atoms with E-state index in [1.54, 1.807) is 14.0 Å². The summed E-state index contributed by atoms with van der Waals surface area (Å²) in [4.78, 5) is 13.6. The van der Waals surface area contributed by atoms with Crippen molar-refractivity contribution in [1.82, 2.24) is 5.32 Å². The fourth-order valence-corrected chi connectivity index (χ4v) is 3.77. The molecular weight excluding hydrogens is 322 g/mol. The van der Waals surface area contributed by atoms with Crippen molar-refractivity contribution in [1.29, 1.82) is 0 Å². The first-order valence-corrected chi connectivity index (χ1v) is 8.97. The van der Waals surface area contributed by atoms with Crippen LogP contribution in [0, 0.1) is 6.92 Å². The molecule has 2 aromatic rings. The van der Waals surface area contributed by atoms with Gasteiger partial charge in [0.15, 0.2) is 0 Å². The van der Waals surface area contributed by atoms with Gasteiger partial charge in [0.05, 0.1) is 19.1 Å². The lowest BCUT2D eigenvalue weighted by molar-refractivity contribution is -0.124. The van der Waals surface area contributed by atoms with Gasteiger partial charge in [0.1, 0.15) is 11.4 Å². The third kappa shape index (κ3) is 3.06. The van der Waals surface area contributed by atoms with Gasteiger partial charge in [0.25, 0.3) is 0 Å². The van der Waals surface area contributed by atoms with Crippen molar-refractivity contribution in [3.05, 3.63) is 51.7 Å². The summed E-state index contributed by atoms with van der Waals surface area (Å²) in [5, 5.41) is 15.4. The first-order chi connectivity index (χ1) is 11.4. The van der Waals surface area contributed by atoms with Gasteiger partial charge in [0.2, 0.25) is 5.91 Å². The maximum atomic E-state index is 12.8. The average molecular weight is 345 g/mol. The van der Waals surface area contributed by atoms with E-state index in [1.807, 2.05) is 42.6 Å². The second kappa shape index (κ2) is 6.22. The standard InChI is InChI=1S/C19H23NO3S/c1-13-6-7-14(11-15(13)23-3)19(8-9-19)17(21)20-12-18(2,22)16-5-4-10-24-16/h4-7,10-11,22H,8-9,12H2,1-3H3,(H,20,21). The van der Waals surface area contributed by atoms with Crippen LogP contribution in [0.2, 0.25) is 0 Å². The molecule has 1 aromatic carbocycles. The number of rotatable bonds is 6. The lowest BCUT2D eigenvalue weighted by Gasteiger charge is -2.24. The lowest BCUT2D eigenvalue weighted by atomic mass is 9.93. The molecule has 24 heavy (non-hydrogen) atoms. The van der Waals surface area contributed by atoms with Crippen LogP contribution in [0.3, 0.4) is 0 Å². The highest BCUT2D eigenvalue weighted by Gasteiger charge is 2.51. The van der Waals surface area contributed by atoms with Crippen LogP contribution >= 0.6 is 11.3 Å². The Morgan fingerprint density at radius 3 is 2.75 bits per heavy atom. The predicted molar refractivity (Wildman–Crippen MR) is 95.5 cm³/mol. The molecule has 5 heteroatoms. The van der Waals surface area contributed by atoms with Crippen molar-refractivity contribution in [3.8, 4) is 5.75 Å². The molecule has 0 spiro atoms. The number of aliphatic hydroxyl groups is 1. The molecule has 1 heterocycles. The quantitative estimate of drug-likeness (QED) is 0.846. The van der Waals surface area contributed by atoms with Crippen LogP contribution in [0.25, 0.3) is 0 Å². The Morgan fingerprint density at radius 2 is 2.17 bits per heavy atom. The van der Waals surface area contributed by atoms with E-state index >= 15 is 0 Å². The monoisotopic (exact) mass is 345 g/mol. The van der Waals surface area contributed by atoms with E-state index in [1.165, 1.54) is 11.3 Å². The van der Waals surface area contributed by atoms with E-state index in [0.717, 1.165) is 34.6 Å². The largest absolute Gasteiger partial charge is 0.496 e. The van der Waals surface area contributed by atoms with E-state index in [0.29, 0.717) is 0 Å². The zero-order valence-electron chi connectivity index (χ0n) is 14.3. The van der Waals surface area contributed by atoms with Crippen LogP contribution in [-0.2, 0) is 15.8 Å². The van der Waals surface area contributed by atoms with Crippen molar-refractivity contribution >= 4 is 17.2 Å². The maximum Gasteiger partial charge on any atom is 0.230 e. The average Bonchev–Trinajstić information content (AvgIpc) is 3.18. The highest BCUT2D eigenvalue weighted by Crippen LogP contribution is 2.49. The second-order valence-corrected chi connectivity index (χ2v) is 7.65. The molecule has 1 aliphatic rings. The summed E-state index contributed by atoms with van der Waals surface area (Å²) in [6.07, 6.45) is 1.65. The van der Waals surface area contributed by atoms with Gasteiger partial charge in [0, 0.05) is 4.88 Å². The Labute approximate surface area is 146 Å². The first kappa shape index (κ1) is 17.0. The number of methoxy groups -OCH3 is 1. The number of hydrogen-bond donors (Lipinski definition) is 2. The number of nitrogens with one attached hydrogen (secondary N) is 1. The van der Waals surface area contributed by atoms with Crippen LogP contribution in [0.1, 0.15) is 35.8 Å². The molecule has 2 N–H and O–H groups in total. The third-order valence-electron chi connectivity index (χ3n) is 4.79. The van der Waals surface area contributed by atoms with Crippen molar-refractivity contribution in [2.45, 2.75) is 37.7 Å². The number of hydrogen-bond acceptors (Lipinski definition) is 4. The zero-order valence-corrected chi connectivity index (χ0v) is 15.1. The Hall–Kier alpha value is -1.85. The second-order valence-electron chi connectivity index (χ2n) is 6.70.